The largest absolute Gasteiger partial charge is 0.313 e. The fourth-order valence-corrected chi connectivity index (χ4v) is 2.45. The van der Waals surface area contributed by atoms with Crippen molar-refractivity contribution < 1.29 is 0 Å². The summed E-state index contributed by atoms with van der Waals surface area (Å²) in [6.45, 7) is 7.54. The SMILES string of the molecule is CCCNC(CSC)Cc1ncnn1C(C)C. The maximum absolute atomic E-state index is 4.37. The third kappa shape index (κ3) is 4.68. The average Bonchev–Trinajstić information content (AvgIpc) is 2.74. The maximum atomic E-state index is 4.37. The molecule has 0 aliphatic rings. The lowest BCUT2D eigenvalue weighted by Gasteiger charge is -2.18. The van der Waals surface area contributed by atoms with Crippen molar-refractivity contribution in [3.05, 3.63) is 12.2 Å². The lowest BCUT2D eigenvalue weighted by atomic mass is 10.2. The van der Waals surface area contributed by atoms with Gasteiger partial charge >= 0.3 is 0 Å². The molecule has 1 N–H and O–H groups in total. The molecule has 5 heteroatoms. The first-order valence-electron chi connectivity index (χ1n) is 6.29. The first kappa shape index (κ1) is 14.5. The van der Waals surface area contributed by atoms with Gasteiger partial charge in [0.15, 0.2) is 0 Å². The molecule has 0 aliphatic heterocycles. The number of nitrogens with one attached hydrogen (secondary N) is 1. The normalized spacial score (nSPS) is 13.2. The summed E-state index contributed by atoms with van der Waals surface area (Å²) in [7, 11) is 0. The summed E-state index contributed by atoms with van der Waals surface area (Å²) in [5.41, 5.74) is 0. The van der Waals surface area contributed by atoms with Crippen LogP contribution in [0.3, 0.4) is 0 Å². The zero-order valence-corrected chi connectivity index (χ0v) is 12.1. The van der Waals surface area contributed by atoms with Crippen molar-refractivity contribution in [1.29, 1.82) is 0 Å². The van der Waals surface area contributed by atoms with Crippen molar-refractivity contribution in [1.82, 2.24) is 20.1 Å². The van der Waals surface area contributed by atoms with E-state index in [1.54, 1.807) is 6.33 Å². The molecule has 0 spiro atoms. The Morgan fingerprint density at radius 1 is 1.47 bits per heavy atom. The zero-order valence-electron chi connectivity index (χ0n) is 11.3. The van der Waals surface area contributed by atoms with E-state index in [0.29, 0.717) is 12.1 Å². The number of nitrogens with zero attached hydrogens (tertiary/aromatic N) is 3. The average molecular weight is 256 g/mol. The van der Waals surface area contributed by atoms with Gasteiger partial charge in [0, 0.05) is 24.3 Å². The summed E-state index contributed by atoms with van der Waals surface area (Å²) in [6.07, 6.45) is 5.93. The Labute approximate surface area is 109 Å². The minimum atomic E-state index is 0.383. The molecule has 17 heavy (non-hydrogen) atoms. The molecule has 0 amide bonds. The Bertz CT molecular complexity index is 311. The van der Waals surface area contributed by atoms with Gasteiger partial charge in [0.25, 0.3) is 0 Å². The molecule has 1 unspecified atom stereocenters. The summed E-state index contributed by atoms with van der Waals surface area (Å²) < 4.78 is 2.01. The van der Waals surface area contributed by atoms with Crippen LogP contribution in [-0.4, -0.2) is 39.4 Å². The Morgan fingerprint density at radius 3 is 2.82 bits per heavy atom. The highest BCUT2D eigenvalue weighted by atomic mass is 32.2. The number of thioether (sulfide) groups is 1. The minimum absolute atomic E-state index is 0.383. The van der Waals surface area contributed by atoms with E-state index in [9.17, 15) is 0 Å². The van der Waals surface area contributed by atoms with Gasteiger partial charge in [-0.1, -0.05) is 6.92 Å². The fourth-order valence-electron chi connectivity index (χ4n) is 1.81. The molecule has 0 saturated heterocycles. The van der Waals surface area contributed by atoms with Gasteiger partial charge < -0.3 is 5.32 Å². The van der Waals surface area contributed by atoms with Gasteiger partial charge in [-0.15, -0.1) is 0 Å². The van der Waals surface area contributed by atoms with Gasteiger partial charge in [-0.3, -0.25) is 0 Å². The highest BCUT2D eigenvalue weighted by molar-refractivity contribution is 7.98. The second-order valence-corrected chi connectivity index (χ2v) is 5.44. The van der Waals surface area contributed by atoms with Crippen LogP contribution in [0.2, 0.25) is 0 Å². The topological polar surface area (TPSA) is 42.7 Å². The van der Waals surface area contributed by atoms with Crippen molar-refractivity contribution in [2.75, 3.05) is 18.6 Å². The molecule has 0 bridgehead atoms. The Hall–Kier alpha value is -0.550. The number of hydrogen-bond donors (Lipinski definition) is 1. The van der Waals surface area contributed by atoms with Gasteiger partial charge in [0.05, 0.1) is 0 Å². The molecule has 98 valence electrons. The highest BCUT2D eigenvalue weighted by Gasteiger charge is 2.14. The molecule has 0 radical (unpaired) electrons. The van der Waals surface area contributed by atoms with Crippen LogP contribution in [0, 0.1) is 0 Å². The van der Waals surface area contributed by atoms with E-state index < -0.39 is 0 Å². The molecule has 0 fully saturated rings. The van der Waals surface area contributed by atoms with Gasteiger partial charge in [-0.05, 0) is 33.1 Å². The second kappa shape index (κ2) is 7.71. The van der Waals surface area contributed by atoms with Crippen LogP contribution in [-0.2, 0) is 6.42 Å². The summed E-state index contributed by atoms with van der Waals surface area (Å²) >= 11 is 1.88. The van der Waals surface area contributed by atoms with E-state index in [0.717, 1.165) is 24.5 Å². The van der Waals surface area contributed by atoms with E-state index in [-0.39, 0.29) is 0 Å². The molecule has 1 heterocycles. The van der Waals surface area contributed by atoms with Gasteiger partial charge in [-0.2, -0.15) is 16.9 Å². The lowest BCUT2D eigenvalue weighted by molar-refractivity contribution is 0.472. The lowest BCUT2D eigenvalue weighted by Crippen LogP contribution is -2.35. The van der Waals surface area contributed by atoms with Gasteiger partial charge in [0.2, 0.25) is 0 Å². The van der Waals surface area contributed by atoms with Crippen molar-refractivity contribution in [3.8, 4) is 0 Å². The van der Waals surface area contributed by atoms with E-state index >= 15 is 0 Å². The van der Waals surface area contributed by atoms with Crippen LogP contribution >= 0.6 is 11.8 Å². The van der Waals surface area contributed by atoms with E-state index in [1.165, 1.54) is 6.42 Å². The standard InChI is InChI=1S/C12H24N4S/c1-5-6-13-11(8-17-4)7-12-14-9-15-16(12)10(2)3/h9-11,13H,5-8H2,1-4H3. The summed E-state index contributed by atoms with van der Waals surface area (Å²) in [6, 6.07) is 0.875. The van der Waals surface area contributed by atoms with Crippen LogP contribution in [0.5, 0.6) is 0 Å². The number of aromatic nitrogens is 3. The van der Waals surface area contributed by atoms with E-state index in [1.807, 2.05) is 16.4 Å². The molecule has 1 aromatic heterocycles. The predicted molar refractivity (Wildman–Crippen MR) is 74.6 cm³/mol. The number of rotatable bonds is 8. The van der Waals surface area contributed by atoms with Crippen LogP contribution in [0.25, 0.3) is 0 Å². The molecule has 4 nitrogen and oxygen atoms in total. The van der Waals surface area contributed by atoms with Crippen molar-refractivity contribution in [2.24, 2.45) is 0 Å². The highest BCUT2D eigenvalue weighted by Crippen LogP contribution is 2.09. The second-order valence-electron chi connectivity index (χ2n) is 4.53. The van der Waals surface area contributed by atoms with E-state index in [4.69, 9.17) is 0 Å². The van der Waals surface area contributed by atoms with Crippen LogP contribution < -0.4 is 5.32 Å². The molecule has 0 aliphatic carbocycles. The third-order valence-electron chi connectivity index (χ3n) is 2.62. The summed E-state index contributed by atoms with van der Waals surface area (Å²) in [4.78, 5) is 4.37. The monoisotopic (exact) mass is 256 g/mol. The van der Waals surface area contributed by atoms with E-state index in [2.05, 4.69) is 42.4 Å². The summed E-state index contributed by atoms with van der Waals surface area (Å²) in [5.74, 6) is 2.20. The van der Waals surface area contributed by atoms with Gasteiger partial charge in [0.1, 0.15) is 12.2 Å². The van der Waals surface area contributed by atoms with Crippen molar-refractivity contribution in [3.63, 3.8) is 0 Å². The molecule has 1 atom stereocenters. The van der Waals surface area contributed by atoms with Crippen LogP contribution in [0.1, 0.15) is 39.1 Å². The number of hydrogen-bond acceptors (Lipinski definition) is 4. The Morgan fingerprint density at radius 2 is 2.24 bits per heavy atom. The van der Waals surface area contributed by atoms with Crippen LogP contribution in [0.4, 0.5) is 0 Å². The Balaban J connectivity index is 2.61. The smallest absolute Gasteiger partial charge is 0.138 e. The molecule has 1 aromatic rings. The maximum Gasteiger partial charge on any atom is 0.138 e. The Kier molecular flexibility index (Phi) is 6.58. The summed E-state index contributed by atoms with van der Waals surface area (Å²) in [5, 5.41) is 7.85. The van der Waals surface area contributed by atoms with Crippen molar-refractivity contribution >= 4 is 11.8 Å². The quantitative estimate of drug-likeness (QED) is 0.774. The molecular weight excluding hydrogens is 232 g/mol. The molecule has 0 saturated carbocycles. The molecular formula is C12H24N4S. The van der Waals surface area contributed by atoms with Crippen molar-refractivity contribution in [2.45, 2.75) is 45.7 Å². The van der Waals surface area contributed by atoms with Crippen LogP contribution in [0.15, 0.2) is 6.33 Å². The first-order valence-corrected chi connectivity index (χ1v) is 7.69. The fraction of sp³-hybridized carbons (Fsp3) is 0.833. The first-order chi connectivity index (χ1) is 8.19. The van der Waals surface area contributed by atoms with Gasteiger partial charge in [-0.25, -0.2) is 9.67 Å². The predicted octanol–water partition coefficient (Wildman–Crippen LogP) is 2.13. The third-order valence-corrected chi connectivity index (χ3v) is 3.35. The minimum Gasteiger partial charge on any atom is -0.313 e. The zero-order chi connectivity index (χ0) is 12.7. The molecule has 0 aromatic carbocycles. The molecule has 1 rings (SSSR count).